The molecule has 0 aliphatic carbocycles. The normalized spacial score (nSPS) is 10.8. The third kappa shape index (κ3) is 2.21. The van der Waals surface area contributed by atoms with Gasteiger partial charge >= 0.3 is 5.97 Å². The van der Waals surface area contributed by atoms with E-state index in [4.69, 9.17) is 5.11 Å². The number of carboxylic acid groups (broad SMARTS) is 1. The quantitative estimate of drug-likeness (QED) is 0.801. The molecule has 0 spiro atoms. The molecule has 2 aromatic heterocycles. The Morgan fingerprint density at radius 3 is 2.85 bits per heavy atom. The molecule has 0 saturated heterocycles. The zero-order valence-corrected chi connectivity index (χ0v) is 11.1. The van der Waals surface area contributed by atoms with E-state index in [0.29, 0.717) is 11.1 Å². The minimum Gasteiger partial charge on any atom is -0.476 e. The predicted molar refractivity (Wildman–Crippen MR) is 76.4 cm³/mol. The van der Waals surface area contributed by atoms with Crippen molar-refractivity contribution < 1.29 is 9.90 Å². The van der Waals surface area contributed by atoms with Crippen LogP contribution in [-0.2, 0) is 6.54 Å². The Labute approximate surface area is 117 Å². The molecule has 0 radical (unpaired) electrons. The summed E-state index contributed by atoms with van der Waals surface area (Å²) < 4.78 is 1.53. The minimum atomic E-state index is -1.05. The summed E-state index contributed by atoms with van der Waals surface area (Å²) in [6.07, 6.45) is 1.70. The van der Waals surface area contributed by atoms with Gasteiger partial charge in [-0.05, 0) is 17.5 Å². The molecule has 0 aliphatic rings. The summed E-state index contributed by atoms with van der Waals surface area (Å²) in [5.74, 6) is -1.05. The van der Waals surface area contributed by atoms with Gasteiger partial charge in [0.1, 0.15) is 0 Å². The molecule has 0 fully saturated rings. The van der Waals surface area contributed by atoms with Crippen molar-refractivity contribution in [1.29, 1.82) is 0 Å². The lowest BCUT2D eigenvalue weighted by molar-refractivity contribution is 0.0696. The van der Waals surface area contributed by atoms with Crippen molar-refractivity contribution in [2.75, 3.05) is 0 Å². The van der Waals surface area contributed by atoms with Gasteiger partial charge in [-0.3, -0.25) is 4.79 Å². The molecule has 1 aromatic carbocycles. The minimum absolute atomic E-state index is 0.0360. The molecule has 0 aliphatic heterocycles. The number of aromatic nitrogens is 2. The van der Waals surface area contributed by atoms with Gasteiger partial charge in [-0.25, -0.2) is 9.78 Å². The highest BCUT2D eigenvalue weighted by Gasteiger charge is 2.10. The molecule has 0 unspecified atom stereocenters. The number of rotatable bonds is 3. The van der Waals surface area contributed by atoms with E-state index in [1.165, 1.54) is 4.57 Å². The Balaban J connectivity index is 2.00. The number of fused-ring (bicyclic) bond motifs is 1. The van der Waals surface area contributed by atoms with Gasteiger partial charge in [0.25, 0.3) is 5.56 Å². The lowest BCUT2D eigenvalue weighted by atomic mass is 10.2. The third-order valence-corrected chi connectivity index (χ3v) is 3.83. The van der Waals surface area contributed by atoms with E-state index in [0.717, 1.165) is 16.7 Å². The molecule has 3 aromatic rings. The number of thiazole rings is 1. The average Bonchev–Trinajstić information content (AvgIpc) is 2.91. The number of carboxylic acids is 1. The number of pyridine rings is 1. The second-order valence-corrected chi connectivity index (χ2v) is 5.14. The van der Waals surface area contributed by atoms with E-state index >= 15 is 0 Å². The Bertz CT molecular complexity index is 851. The van der Waals surface area contributed by atoms with Gasteiger partial charge in [0.05, 0.1) is 12.2 Å². The van der Waals surface area contributed by atoms with Crippen LogP contribution in [0.5, 0.6) is 0 Å². The summed E-state index contributed by atoms with van der Waals surface area (Å²) in [5.41, 5.74) is 0.470. The molecule has 3 rings (SSSR count). The molecule has 100 valence electrons. The van der Waals surface area contributed by atoms with Gasteiger partial charge in [-0.2, -0.15) is 0 Å². The van der Waals surface area contributed by atoms with Crippen molar-refractivity contribution >= 4 is 28.1 Å². The van der Waals surface area contributed by atoms with Gasteiger partial charge in [-0.1, -0.05) is 18.2 Å². The molecular weight excluding hydrogens is 276 g/mol. The fourth-order valence-electron chi connectivity index (χ4n) is 2.01. The molecule has 0 saturated carbocycles. The Morgan fingerprint density at radius 2 is 2.10 bits per heavy atom. The van der Waals surface area contributed by atoms with Crippen molar-refractivity contribution in [3.05, 3.63) is 63.0 Å². The SMILES string of the molecule is O=C(O)c1nc(Cn2ccc3ccccc3c2=O)cs1. The monoisotopic (exact) mass is 286 g/mol. The maximum atomic E-state index is 12.3. The fourth-order valence-corrected chi connectivity index (χ4v) is 2.65. The van der Waals surface area contributed by atoms with E-state index in [2.05, 4.69) is 4.98 Å². The van der Waals surface area contributed by atoms with Crippen LogP contribution in [0.25, 0.3) is 10.8 Å². The van der Waals surface area contributed by atoms with E-state index < -0.39 is 5.97 Å². The van der Waals surface area contributed by atoms with E-state index in [1.54, 1.807) is 17.6 Å². The summed E-state index contributed by atoms with van der Waals surface area (Å²) in [7, 11) is 0. The Kier molecular flexibility index (Phi) is 3.08. The maximum Gasteiger partial charge on any atom is 0.365 e. The smallest absolute Gasteiger partial charge is 0.365 e. The molecule has 0 atom stereocenters. The van der Waals surface area contributed by atoms with Crippen LogP contribution in [0.4, 0.5) is 0 Å². The number of nitrogens with zero attached hydrogens (tertiary/aromatic N) is 2. The summed E-state index contributed by atoms with van der Waals surface area (Å²) in [6, 6.07) is 9.22. The van der Waals surface area contributed by atoms with Crippen LogP contribution in [0.2, 0.25) is 0 Å². The summed E-state index contributed by atoms with van der Waals surface area (Å²) in [5, 5.41) is 12.1. The van der Waals surface area contributed by atoms with Crippen molar-refractivity contribution in [3.63, 3.8) is 0 Å². The fraction of sp³-hybridized carbons (Fsp3) is 0.0714. The van der Waals surface area contributed by atoms with Crippen LogP contribution in [-0.4, -0.2) is 20.6 Å². The highest BCUT2D eigenvalue weighted by atomic mass is 32.1. The van der Waals surface area contributed by atoms with Crippen molar-refractivity contribution in [3.8, 4) is 0 Å². The number of aromatic carboxylic acids is 1. The molecule has 1 N–H and O–H groups in total. The van der Waals surface area contributed by atoms with Crippen LogP contribution in [0, 0.1) is 0 Å². The number of hydrogen-bond donors (Lipinski definition) is 1. The highest BCUT2D eigenvalue weighted by Crippen LogP contribution is 2.12. The second-order valence-electron chi connectivity index (χ2n) is 4.29. The van der Waals surface area contributed by atoms with E-state index in [1.807, 2.05) is 24.3 Å². The largest absolute Gasteiger partial charge is 0.476 e. The third-order valence-electron chi connectivity index (χ3n) is 2.95. The zero-order valence-electron chi connectivity index (χ0n) is 10.3. The van der Waals surface area contributed by atoms with Crippen LogP contribution >= 0.6 is 11.3 Å². The lowest BCUT2D eigenvalue weighted by Gasteiger charge is -2.05. The molecule has 6 heteroatoms. The first-order valence-corrected chi connectivity index (χ1v) is 6.79. The first-order chi connectivity index (χ1) is 9.65. The van der Waals surface area contributed by atoms with Crippen LogP contribution in [0.3, 0.4) is 0 Å². The van der Waals surface area contributed by atoms with Crippen LogP contribution in [0.1, 0.15) is 15.5 Å². The standard InChI is InChI=1S/C14H10N2O3S/c17-13-11-4-2-1-3-9(11)5-6-16(13)7-10-8-20-12(15-10)14(18)19/h1-6,8H,7H2,(H,18,19). The highest BCUT2D eigenvalue weighted by molar-refractivity contribution is 7.11. The second kappa shape index (κ2) is 4.90. The van der Waals surface area contributed by atoms with Crippen molar-refractivity contribution in [2.24, 2.45) is 0 Å². The van der Waals surface area contributed by atoms with Crippen LogP contribution < -0.4 is 5.56 Å². The summed E-state index contributed by atoms with van der Waals surface area (Å²) in [6.45, 7) is 0.271. The van der Waals surface area contributed by atoms with E-state index in [-0.39, 0.29) is 17.1 Å². The molecule has 0 bridgehead atoms. The van der Waals surface area contributed by atoms with Crippen molar-refractivity contribution in [1.82, 2.24) is 9.55 Å². The van der Waals surface area contributed by atoms with Gasteiger partial charge in [0.2, 0.25) is 5.01 Å². The number of carbonyl (C=O) groups is 1. The predicted octanol–water partition coefficient (Wildman–Crippen LogP) is 2.20. The van der Waals surface area contributed by atoms with E-state index in [9.17, 15) is 9.59 Å². The topological polar surface area (TPSA) is 72.2 Å². The lowest BCUT2D eigenvalue weighted by Crippen LogP contribution is -2.20. The van der Waals surface area contributed by atoms with Gasteiger partial charge in [0, 0.05) is 17.0 Å². The average molecular weight is 286 g/mol. The van der Waals surface area contributed by atoms with Gasteiger partial charge in [0.15, 0.2) is 0 Å². The first-order valence-electron chi connectivity index (χ1n) is 5.91. The Hall–Kier alpha value is -2.47. The molecule has 20 heavy (non-hydrogen) atoms. The Morgan fingerprint density at radius 1 is 1.30 bits per heavy atom. The van der Waals surface area contributed by atoms with Crippen LogP contribution in [0.15, 0.2) is 46.7 Å². The first kappa shape index (κ1) is 12.6. The zero-order chi connectivity index (χ0) is 14.1. The summed E-state index contributed by atoms with van der Waals surface area (Å²) in [4.78, 5) is 27.1. The molecule has 5 nitrogen and oxygen atoms in total. The number of hydrogen-bond acceptors (Lipinski definition) is 4. The maximum absolute atomic E-state index is 12.3. The van der Waals surface area contributed by atoms with Gasteiger partial charge in [-0.15, -0.1) is 11.3 Å². The number of benzene rings is 1. The molecular formula is C14H10N2O3S. The summed E-state index contributed by atoms with van der Waals surface area (Å²) >= 11 is 1.06. The molecule has 0 amide bonds. The van der Waals surface area contributed by atoms with Gasteiger partial charge < -0.3 is 9.67 Å². The van der Waals surface area contributed by atoms with Crippen molar-refractivity contribution in [2.45, 2.75) is 6.54 Å². The molecule has 2 heterocycles.